The van der Waals surface area contributed by atoms with E-state index in [9.17, 15) is 0 Å². The summed E-state index contributed by atoms with van der Waals surface area (Å²) in [4.78, 5) is 3.76. The van der Waals surface area contributed by atoms with Crippen LogP contribution in [0.4, 0.5) is 0 Å². The average Bonchev–Trinajstić information content (AvgIpc) is 2.88. The number of rotatable bonds is 3. The fraction of sp³-hybridized carbons (Fsp3) is 0.350. The maximum atomic E-state index is 3.76. The van der Waals surface area contributed by atoms with Gasteiger partial charge in [0.05, 0.1) is 0 Å². The molecule has 0 aromatic heterocycles. The van der Waals surface area contributed by atoms with Gasteiger partial charge in [0.25, 0.3) is 0 Å². The summed E-state index contributed by atoms with van der Waals surface area (Å²) in [6.45, 7) is 6.87. The lowest BCUT2D eigenvalue weighted by atomic mass is 9.67. The Morgan fingerprint density at radius 2 is 1.38 bits per heavy atom. The highest BCUT2D eigenvalue weighted by atomic mass is 14.9. The van der Waals surface area contributed by atoms with E-state index in [2.05, 4.69) is 86.4 Å². The van der Waals surface area contributed by atoms with E-state index in [1.807, 2.05) is 0 Å². The summed E-state index contributed by atoms with van der Waals surface area (Å²) in [5.74, 6) is 0.510. The van der Waals surface area contributed by atoms with Gasteiger partial charge in [-0.2, -0.15) is 0 Å². The molecule has 0 amide bonds. The van der Waals surface area contributed by atoms with E-state index >= 15 is 0 Å². The normalized spacial score (nSPS) is 20.6. The summed E-state index contributed by atoms with van der Waals surface area (Å²) in [6, 6.07) is 22.4. The number of benzene rings is 2. The Morgan fingerprint density at radius 3 is 1.81 bits per heavy atom. The fourth-order valence-corrected chi connectivity index (χ4v) is 3.83. The lowest BCUT2D eigenvalue weighted by molar-refractivity contribution is -0.490. The molecule has 1 heterocycles. The molecule has 1 N–H and O–H groups in total. The molecule has 2 aromatic rings. The Balaban J connectivity index is 2.24. The summed E-state index contributed by atoms with van der Waals surface area (Å²) < 4.78 is 0. The third-order valence-electron chi connectivity index (χ3n) is 4.58. The predicted octanol–water partition coefficient (Wildman–Crippen LogP) is 2.94. The molecule has 0 bridgehead atoms. The first kappa shape index (κ1) is 14.1. The van der Waals surface area contributed by atoms with Crippen LogP contribution in [0.3, 0.4) is 0 Å². The third-order valence-corrected chi connectivity index (χ3v) is 4.58. The standard InChI is InChI=1S/C20H23N/c1-15(2)19-20(14-16(3)21-19,17-10-6-4-7-11-17)18-12-8-5-9-13-18/h4-13,15-16H,14H2,1-3H3/p+1/t16-/m1/s1. The van der Waals surface area contributed by atoms with Gasteiger partial charge in [-0.1, -0.05) is 74.5 Å². The van der Waals surface area contributed by atoms with Crippen molar-refractivity contribution in [3.63, 3.8) is 0 Å². The Kier molecular flexibility index (Phi) is 3.67. The van der Waals surface area contributed by atoms with Gasteiger partial charge in [-0.15, -0.1) is 0 Å². The number of hydrogen-bond donors (Lipinski definition) is 1. The lowest BCUT2D eigenvalue weighted by Crippen LogP contribution is -2.76. The van der Waals surface area contributed by atoms with Crippen molar-refractivity contribution >= 4 is 5.71 Å². The zero-order valence-corrected chi connectivity index (χ0v) is 13.1. The van der Waals surface area contributed by atoms with Crippen LogP contribution in [-0.4, -0.2) is 11.8 Å². The van der Waals surface area contributed by atoms with E-state index in [1.54, 1.807) is 0 Å². The van der Waals surface area contributed by atoms with Crippen molar-refractivity contribution in [2.24, 2.45) is 5.92 Å². The molecule has 1 aliphatic rings. The third kappa shape index (κ3) is 2.31. The van der Waals surface area contributed by atoms with Crippen molar-refractivity contribution < 1.29 is 4.99 Å². The molecule has 108 valence electrons. The smallest absolute Gasteiger partial charge is 0.168 e. The molecule has 1 atom stereocenters. The minimum Gasteiger partial charge on any atom is -0.245 e. The van der Waals surface area contributed by atoms with Crippen molar-refractivity contribution in [3.8, 4) is 0 Å². The second-order valence-corrected chi connectivity index (χ2v) is 6.46. The first-order valence-corrected chi connectivity index (χ1v) is 7.89. The molecule has 1 nitrogen and oxygen atoms in total. The zero-order valence-electron chi connectivity index (χ0n) is 13.1. The van der Waals surface area contributed by atoms with Crippen molar-refractivity contribution in [1.82, 2.24) is 0 Å². The van der Waals surface area contributed by atoms with Crippen LogP contribution in [0, 0.1) is 5.92 Å². The SMILES string of the molecule is CC(C)C1=[NH+][C@H](C)CC1(c1ccccc1)c1ccccc1. The highest BCUT2D eigenvalue weighted by Gasteiger charge is 2.50. The number of nitrogens with one attached hydrogen (secondary N) is 1. The molecule has 0 saturated carbocycles. The van der Waals surface area contributed by atoms with Crippen molar-refractivity contribution in [2.75, 3.05) is 0 Å². The highest BCUT2D eigenvalue weighted by molar-refractivity contribution is 5.96. The molecule has 1 aliphatic heterocycles. The van der Waals surface area contributed by atoms with Crippen molar-refractivity contribution in [1.29, 1.82) is 0 Å². The van der Waals surface area contributed by atoms with Gasteiger partial charge in [-0.25, -0.2) is 4.99 Å². The lowest BCUT2D eigenvalue weighted by Gasteiger charge is -2.30. The zero-order chi connectivity index (χ0) is 14.9. The molecule has 21 heavy (non-hydrogen) atoms. The van der Waals surface area contributed by atoms with Crippen LogP contribution in [0.15, 0.2) is 60.7 Å². The van der Waals surface area contributed by atoms with Gasteiger partial charge in [-0.05, 0) is 18.1 Å². The van der Waals surface area contributed by atoms with Crippen molar-refractivity contribution in [3.05, 3.63) is 71.8 Å². The van der Waals surface area contributed by atoms with Crippen LogP contribution in [0.5, 0.6) is 0 Å². The molecular formula is C20H24N+. The summed E-state index contributed by atoms with van der Waals surface area (Å²) in [5.41, 5.74) is 4.25. The topological polar surface area (TPSA) is 14.0 Å². The summed E-state index contributed by atoms with van der Waals surface area (Å²) in [5, 5.41) is 0. The monoisotopic (exact) mass is 278 g/mol. The van der Waals surface area contributed by atoms with E-state index in [1.165, 1.54) is 16.8 Å². The Morgan fingerprint density at radius 1 is 0.905 bits per heavy atom. The molecule has 1 heteroatoms. The van der Waals surface area contributed by atoms with E-state index in [4.69, 9.17) is 0 Å². The molecule has 2 aromatic carbocycles. The number of hydrogen-bond acceptors (Lipinski definition) is 0. The maximum absolute atomic E-state index is 3.76. The maximum Gasteiger partial charge on any atom is 0.168 e. The molecule has 0 unspecified atom stereocenters. The van der Waals surface area contributed by atoms with Crippen LogP contribution in [0.25, 0.3) is 0 Å². The van der Waals surface area contributed by atoms with Gasteiger partial charge in [0.15, 0.2) is 5.71 Å². The molecule has 3 rings (SSSR count). The van der Waals surface area contributed by atoms with Gasteiger partial charge in [0.2, 0.25) is 0 Å². The van der Waals surface area contributed by atoms with Gasteiger partial charge >= 0.3 is 0 Å². The molecule has 0 fully saturated rings. The van der Waals surface area contributed by atoms with Gasteiger partial charge < -0.3 is 0 Å². The Hall–Kier alpha value is -1.89. The largest absolute Gasteiger partial charge is 0.245 e. The minimum absolute atomic E-state index is 0.00387. The van der Waals surface area contributed by atoms with Crippen LogP contribution in [0.1, 0.15) is 38.3 Å². The average molecular weight is 278 g/mol. The second-order valence-electron chi connectivity index (χ2n) is 6.46. The molecule has 0 aliphatic carbocycles. The van der Waals surface area contributed by atoms with Crippen molar-refractivity contribution in [2.45, 2.75) is 38.6 Å². The second kappa shape index (κ2) is 5.48. The van der Waals surface area contributed by atoms with Crippen LogP contribution >= 0.6 is 0 Å². The molecule has 0 saturated heterocycles. The van der Waals surface area contributed by atoms with Crippen LogP contribution < -0.4 is 4.99 Å². The van der Waals surface area contributed by atoms with E-state index in [0.29, 0.717) is 12.0 Å². The van der Waals surface area contributed by atoms with Gasteiger partial charge in [0, 0.05) is 12.3 Å². The summed E-state index contributed by atoms with van der Waals surface area (Å²) in [7, 11) is 0. The molecule has 0 radical (unpaired) electrons. The molecular weight excluding hydrogens is 254 g/mol. The van der Waals surface area contributed by atoms with E-state index < -0.39 is 0 Å². The fourth-order valence-electron chi connectivity index (χ4n) is 3.83. The van der Waals surface area contributed by atoms with Crippen LogP contribution in [0.2, 0.25) is 0 Å². The first-order chi connectivity index (χ1) is 10.1. The Labute approximate surface area is 127 Å². The van der Waals surface area contributed by atoms with E-state index in [0.717, 1.165) is 6.42 Å². The first-order valence-electron chi connectivity index (χ1n) is 7.89. The van der Waals surface area contributed by atoms with Gasteiger partial charge in [0.1, 0.15) is 11.5 Å². The molecule has 0 spiro atoms. The summed E-state index contributed by atoms with van der Waals surface area (Å²) >= 11 is 0. The highest BCUT2D eigenvalue weighted by Crippen LogP contribution is 2.40. The Bertz CT molecular complexity index is 586. The van der Waals surface area contributed by atoms with Gasteiger partial charge in [-0.3, -0.25) is 0 Å². The summed E-state index contributed by atoms with van der Waals surface area (Å²) in [6.07, 6.45) is 1.12. The predicted molar refractivity (Wildman–Crippen MR) is 88.6 cm³/mol. The van der Waals surface area contributed by atoms with Crippen LogP contribution in [-0.2, 0) is 5.41 Å². The quantitative estimate of drug-likeness (QED) is 0.887. The van der Waals surface area contributed by atoms with E-state index in [-0.39, 0.29) is 5.41 Å². The minimum atomic E-state index is -0.00387.